The SMILES string of the molecule is FC(F)Cn1ncc(Nc2ncc3cc(Cl)ccc3n2)c1Cl. The zero-order chi connectivity index (χ0) is 15.7. The molecule has 0 spiro atoms. The molecule has 2 heterocycles. The fourth-order valence-corrected chi connectivity index (χ4v) is 2.29. The summed E-state index contributed by atoms with van der Waals surface area (Å²) in [6.45, 7) is -0.572. The van der Waals surface area contributed by atoms with Crippen LogP contribution in [-0.2, 0) is 6.54 Å². The number of rotatable bonds is 4. The van der Waals surface area contributed by atoms with Gasteiger partial charge in [0.05, 0.1) is 17.4 Å². The maximum absolute atomic E-state index is 12.4. The van der Waals surface area contributed by atoms with Gasteiger partial charge in [0.1, 0.15) is 6.54 Å². The fraction of sp³-hybridized carbons (Fsp3) is 0.154. The molecule has 2 aromatic heterocycles. The number of hydrogen-bond acceptors (Lipinski definition) is 4. The Kier molecular flexibility index (Phi) is 4.08. The Morgan fingerprint density at radius 1 is 1.23 bits per heavy atom. The molecule has 22 heavy (non-hydrogen) atoms. The number of fused-ring (bicyclic) bond motifs is 1. The van der Waals surface area contributed by atoms with Gasteiger partial charge in [-0.05, 0) is 18.2 Å². The summed E-state index contributed by atoms with van der Waals surface area (Å²) in [6, 6.07) is 5.22. The number of anilines is 2. The van der Waals surface area contributed by atoms with Crippen molar-refractivity contribution in [3.8, 4) is 0 Å². The van der Waals surface area contributed by atoms with Crippen molar-refractivity contribution in [2.75, 3.05) is 5.32 Å². The highest BCUT2D eigenvalue weighted by Gasteiger charge is 2.13. The Bertz CT molecular complexity index is 821. The average Bonchev–Trinajstić information content (AvgIpc) is 2.80. The van der Waals surface area contributed by atoms with Gasteiger partial charge in [-0.15, -0.1) is 0 Å². The Morgan fingerprint density at radius 2 is 2.05 bits per heavy atom. The van der Waals surface area contributed by atoms with Gasteiger partial charge in [0.25, 0.3) is 6.43 Å². The van der Waals surface area contributed by atoms with Crippen molar-refractivity contribution in [2.24, 2.45) is 0 Å². The van der Waals surface area contributed by atoms with Crippen LogP contribution in [0.2, 0.25) is 10.2 Å². The van der Waals surface area contributed by atoms with Crippen LogP contribution in [0.1, 0.15) is 0 Å². The van der Waals surface area contributed by atoms with Crippen molar-refractivity contribution in [3.05, 3.63) is 40.8 Å². The predicted octanol–water partition coefficient (Wildman–Crippen LogP) is 4.14. The Hall–Kier alpha value is -1.99. The monoisotopic (exact) mass is 343 g/mol. The molecular weight excluding hydrogens is 335 g/mol. The normalized spacial score (nSPS) is 11.3. The minimum atomic E-state index is -2.54. The summed E-state index contributed by atoms with van der Waals surface area (Å²) in [5.74, 6) is 0.285. The third-order valence-corrected chi connectivity index (χ3v) is 3.51. The highest BCUT2D eigenvalue weighted by atomic mass is 35.5. The standard InChI is InChI=1S/C13H9Cl2F2N5/c14-8-1-2-9-7(3-8)4-18-13(20-9)21-10-5-19-22(12(10)15)6-11(16)17/h1-5,11H,6H2,(H,18,20,21). The zero-order valence-corrected chi connectivity index (χ0v) is 12.5. The molecule has 0 saturated heterocycles. The molecule has 0 bridgehead atoms. The number of aromatic nitrogens is 4. The van der Waals surface area contributed by atoms with Gasteiger partial charge in [0.15, 0.2) is 5.15 Å². The van der Waals surface area contributed by atoms with Crippen LogP contribution in [0.5, 0.6) is 0 Å². The highest BCUT2D eigenvalue weighted by Crippen LogP contribution is 2.25. The Labute approximate surface area is 133 Å². The fourth-order valence-electron chi connectivity index (χ4n) is 1.90. The highest BCUT2D eigenvalue weighted by molar-refractivity contribution is 6.32. The number of nitrogens with one attached hydrogen (secondary N) is 1. The van der Waals surface area contributed by atoms with Crippen LogP contribution in [0, 0.1) is 0 Å². The largest absolute Gasteiger partial charge is 0.320 e. The van der Waals surface area contributed by atoms with E-state index in [0.29, 0.717) is 16.2 Å². The minimum absolute atomic E-state index is 0.0695. The second-order valence-corrected chi connectivity index (χ2v) is 5.24. The summed E-state index contributed by atoms with van der Waals surface area (Å²) in [5, 5.41) is 8.10. The molecule has 0 aliphatic heterocycles. The average molecular weight is 344 g/mol. The molecule has 0 saturated carbocycles. The second kappa shape index (κ2) is 6.02. The predicted molar refractivity (Wildman–Crippen MR) is 81.1 cm³/mol. The number of hydrogen-bond donors (Lipinski definition) is 1. The lowest BCUT2D eigenvalue weighted by Crippen LogP contribution is -2.08. The van der Waals surface area contributed by atoms with Gasteiger partial charge in [-0.2, -0.15) is 5.10 Å². The maximum atomic E-state index is 12.4. The van der Waals surface area contributed by atoms with E-state index in [9.17, 15) is 8.78 Å². The van der Waals surface area contributed by atoms with Gasteiger partial charge in [-0.1, -0.05) is 23.2 Å². The molecule has 3 rings (SSSR count). The van der Waals surface area contributed by atoms with Crippen LogP contribution in [0.3, 0.4) is 0 Å². The van der Waals surface area contributed by atoms with Crippen LogP contribution in [0.25, 0.3) is 10.9 Å². The van der Waals surface area contributed by atoms with Gasteiger partial charge in [0.2, 0.25) is 5.95 Å². The molecule has 1 N–H and O–H groups in total. The lowest BCUT2D eigenvalue weighted by Gasteiger charge is -2.05. The first kappa shape index (κ1) is 14.9. The summed E-state index contributed by atoms with van der Waals surface area (Å²) in [5.41, 5.74) is 1.05. The molecule has 0 aliphatic rings. The van der Waals surface area contributed by atoms with E-state index in [4.69, 9.17) is 23.2 Å². The van der Waals surface area contributed by atoms with Gasteiger partial charge < -0.3 is 5.32 Å². The van der Waals surface area contributed by atoms with E-state index in [-0.39, 0.29) is 11.1 Å². The van der Waals surface area contributed by atoms with Gasteiger partial charge in [-0.25, -0.2) is 23.4 Å². The van der Waals surface area contributed by atoms with Crippen molar-refractivity contribution in [1.29, 1.82) is 0 Å². The summed E-state index contributed by atoms with van der Waals surface area (Å²) in [6.07, 6.45) is 0.417. The molecule has 0 atom stereocenters. The number of nitrogens with zero attached hydrogens (tertiary/aromatic N) is 4. The lowest BCUT2D eigenvalue weighted by molar-refractivity contribution is 0.122. The molecule has 9 heteroatoms. The molecule has 0 fully saturated rings. The summed E-state index contributed by atoms with van der Waals surface area (Å²) in [4.78, 5) is 8.43. The Morgan fingerprint density at radius 3 is 2.82 bits per heavy atom. The number of alkyl halides is 2. The molecule has 1 aromatic carbocycles. The molecule has 5 nitrogen and oxygen atoms in total. The zero-order valence-electron chi connectivity index (χ0n) is 11.0. The third-order valence-electron chi connectivity index (χ3n) is 2.87. The van der Waals surface area contributed by atoms with E-state index < -0.39 is 13.0 Å². The van der Waals surface area contributed by atoms with E-state index in [1.54, 1.807) is 24.4 Å². The van der Waals surface area contributed by atoms with Crippen molar-refractivity contribution >= 4 is 45.7 Å². The quantitative estimate of drug-likeness (QED) is 0.773. The van der Waals surface area contributed by atoms with E-state index in [0.717, 1.165) is 10.1 Å². The van der Waals surface area contributed by atoms with Crippen LogP contribution in [0.15, 0.2) is 30.6 Å². The molecular formula is C13H9Cl2F2N5. The van der Waals surface area contributed by atoms with Gasteiger partial charge in [-0.3, -0.25) is 0 Å². The van der Waals surface area contributed by atoms with Crippen LogP contribution < -0.4 is 5.32 Å². The topological polar surface area (TPSA) is 55.6 Å². The third kappa shape index (κ3) is 3.10. The van der Waals surface area contributed by atoms with Crippen molar-refractivity contribution in [2.45, 2.75) is 13.0 Å². The van der Waals surface area contributed by atoms with Crippen LogP contribution >= 0.6 is 23.2 Å². The molecule has 114 valence electrons. The molecule has 0 unspecified atom stereocenters. The smallest absolute Gasteiger partial charge is 0.257 e. The molecule has 0 aliphatic carbocycles. The van der Waals surface area contributed by atoms with Gasteiger partial charge in [0, 0.05) is 16.6 Å². The molecule has 3 aromatic rings. The number of benzene rings is 1. The Balaban J connectivity index is 1.87. The van der Waals surface area contributed by atoms with E-state index in [1.165, 1.54) is 6.20 Å². The van der Waals surface area contributed by atoms with Crippen LogP contribution in [-0.4, -0.2) is 26.2 Å². The first-order valence-corrected chi connectivity index (χ1v) is 6.97. The second-order valence-electron chi connectivity index (χ2n) is 4.44. The van der Waals surface area contributed by atoms with Crippen LogP contribution in [0.4, 0.5) is 20.4 Å². The van der Waals surface area contributed by atoms with Gasteiger partial charge >= 0.3 is 0 Å². The first-order valence-electron chi connectivity index (χ1n) is 6.22. The van der Waals surface area contributed by atoms with E-state index in [2.05, 4.69) is 20.4 Å². The molecule has 0 radical (unpaired) electrons. The van der Waals surface area contributed by atoms with E-state index in [1.807, 2.05) is 0 Å². The maximum Gasteiger partial charge on any atom is 0.257 e. The number of halogens is 4. The summed E-state index contributed by atoms with van der Waals surface area (Å²) >= 11 is 11.9. The van der Waals surface area contributed by atoms with Crippen molar-refractivity contribution < 1.29 is 8.78 Å². The summed E-state index contributed by atoms with van der Waals surface area (Å²) < 4.78 is 25.7. The lowest BCUT2D eigenvalue weighted by atomic mass is 10.2. The summed E-state index contributed by atoms with van der Waals surface area (Å²) in [7, 11) is 0. The van der Waals surface area contributed by atoms with Crippen molar-refractivity contribution in [3.63, 3.8) is 0 Å². The van der Waals surface area contributed by atoms with Crippen molar-refractivity contribution in [1.82, 2.24) is 19.7 Å². The first-order chi connectivity index (χ1) is 10.5. The molecule has 0 amide bonds. The minimum Gasteiger partial charge on any atom is -0.320 e. The van der Waals surface area contributed by atoms with E-state index >= 15 is 0 Å².